The van der Waals surface area contributed by atoms with Gasteiger partial charge in [0.15, 0.2) is 0 Å². The Morgan fingerprint density at radius 3 is 2.47 bits per heavy atom. The van der Waals surface area contributed by atoms with Crippen LogP contribution < -0.4 is 11.5 Å². The largest absolute Gasteiger partial charge is 0.379 e. The van der Waals surface area contributed by atoms with Crippen molar-refractivity contribution >= 4 is 11.8 Å². The van der Waals surface area contributed by atoms with Crippen LogP contribution in [0.3, 0.4) is 0 Å². The first-order valence-electron chi connectivity index (χ1n) is 5.04. The molecule has 84 valence electrons. The van der Waals surface area contributed by atoms with Gasteiger partial charge in [-0.2, -0.15) is 0 Å². The SMILES string of the molecule is NC(=O)C1CCN1C(=O)C1COCC1N. The maximum Gasteiger partial charge on any atom is 0.240 e. The number of nitrogens with zero attached hydrogens (tertiary/aromatic N) is 1. The van der Waals surface area contributed by atoms with Gasteiger partial charge in [0, 0.05) is 12.6 Å². The average molecular weight is 213 g/mol. The molecule has 0 aliphatic carbocycles. The summed E-state index contributed by atoms with van der Waals surface area (Å²) in [6.45, 7) is 1.35. The molecule has 3 atom stereocenters. The summed E-state index contributed by atoms with van der Waals surface area (Å²) in [6, 6.07) is -0.697. The van der Waals surface area contributed by atoms with E-state index in [1.165, 1.54) is 4.90 Å². The van der Waals surface area contributed by atoms with E-state index in [4.69, 9.17) is 16.2 Å². The van der Waals surface area contributed by atoms with Crippen molar-refractivity contribution in [3.63, 3.8) is 0 Å². The van der Waals surface area contributed by atoms with E-state index in [1.54, 1.807) is 0 Å². The molecule has 0 aromatic heterocycles. The number of ether oxygens (including phenoxy) is 1. The third kappa shape index (κ3) is 1.70. The van der Waals surface area contributed by atoms with E-state index >= 15 is 0 Å². The molecule has 6 heteroatoms. The molecule has 15 heavy (non-hydrogen) atoms. The Morgan fingerprint density at radius 1 is 1.33 bits per heavy atom. The number of likely N-dealkylation sites (tertiary alicyclic amines) is 1. The van der Waals surface area contributed by atoms with Crippen LogP contribution in [0, 0.1) is 5.92 Å². The van der Waals surface area contributed by atoms with Crippen LogP contribution in [0.2, 0.25) is 0 Å². The summed E-state index contributed by atoms with van der Waals surface area (Å²) >= 11 is 0. The van der Waals surface area contributed by atoms with Crippen LogP contribution in [0.4, 0.5) is 0 Å². The number of carbonyl (C=O) groups is 2. The van der Waals surface area contributed by atoms with Gasteiger partial charge in [-0.05, 0) is 6.42 Å². The van der Waals surface area contributed by atoms with Crippen LogP contribution in [-0.2, 0) is 14.3 Å². The van der Waals surface area contributed by atoms with Gasteiger partial charge in [0.25, 0.3) is 0 Å². The Labute approximate surface area is 87.5 Å². The van der Waals surface area contributed by atoms with Crippen molar-refractivity contribution in [3.05, 3.63) is 0 Å². The van der Waals surface area contributed by atoms with Gasteiger partial charge < -0.3 is 21.1 Å². The van der Waals surface area contributed by atoms with Crippen molar-refractivity contribution in [2.45, 2.75) is 18.5 Å². The minimum Gasteiger partial charge on any atom is -0.379 e. The van der Waals surface area contributed by atoms with Crippen LogP contribution >= 0.6 is 0 Å². The second kappa shape index (κ2) is 3.79. The maximum absolute atomic E-state index is 11.9. The van der Waals surface area contributed by atoms with E-state index in [-0.39, 0.29) is 17.9 Å². The summed E-state index contributed by atoms with van der Waals surface area (Å²) in [5.41, 5.74) is 10.9. The summed E-state index contributed by atoms with van der Waals surface area (Å²) in [7, 11) is 0. The van der Waals surface area contributed by atoms with E-state index in [1.807, 2.05) is 0 Å². The monoisotopic (exact) mass is 213 g/mol. The van der Waals surface area contributed by atoms with E-state index in [0.717, 1.165) is 0 Å². The Kier molecular flexibility index (Phi) is 2.62. The number of nitrogens with two attached hydrogens (primary N) is 2. The molecule has 0 bridgehead atoms. The summed E-state index contributed by atoms with van der Waals surface area (Å²) in [5, 5.41) is 0. The highest BCUT2D eigenvalue weighted by Crippen LogP contribution is 2.23. The molecule has 2 rings (SSSR count). The third-order valence-electron chi connectivity index (χ3n) is 3.07. The number of primary amides is 1. The standard InChI is InChI=1S/C9H15N3O3/c10-6-4-15-3-5(6)9(14)12-2-1-7(12)8(11)13/h5-7H,1-4,10H2,(H2,11,13). The van der Waals surface area contributed by atoms with Crippen molar-refractivity contribution in [1.82, 2.24) is 4.90 Å². The molecule has 2 amide bonds. The molecule has 2 aliphatic rings. The molecule has 0 saturated carbocycles. The molecule has 3 unspecified atom stereocenters. The first-order valence-corrected chi connectivity index (χ1v) is 5.04. The summed E-state index contributed by atoms with van der Waals surface area (Å²) < 4.78 is 5.12. The fourth-order valence-corrected chi connectivity index (χ4v) is 1.99. The van der Waals surface area contributed by atoms with Crippen molar-refractivity contribution in [2.24, 2.45) is 17.4 Å². The quantitative estimate of drug-likeness (QED) is 0.556. The number of rotatable bonds is 2. The van der Waals surface area contributed by atoms with Gasteiger partial charge in [0.05, 0.1) is 19.1 Å². The highest BCUT2D eigenvalue weighted by molar-refractivity contribution is 5.89. The predicted molar refractivity (Wildman–Crippen MR) is 51.6 cm³/mol. The lowest BCUT2D eigenvalue weighted by atomic mass is 9.96. The fourth-order valence-electron chi connectivity index (χ4n) is 1.99. The van der Waals surface area contributed by atoms with E-state index in [9.17, 15) is 9.59 Å². The molecule has 0 aromatic rings. The highest BCUT2D eigenvalue weighted by Gasteiger charge is 2.42. The first kappa shape index (κ1) is 10.4. The smallest absolute Gasteiger partial charge is 0.240 e. The van der Waals surface area contributed by atoms with E-state index < -0.39 is 11.9 Å². The molecule has 0 aromatic carbocycles. The van der Waals surface area contributed by atoms with Crippen LogP contribution in [0.15, 0.2) is 0 Å². The molecule has 0 radical (unpaired) electrons. The molecule has 2 fully saturated rings. The van der Waals surface area contributed by atoms with Gasteiger partial charge in [-0.3, -0.25) is 9.59 Å². The van der Waals surface area contributed by atoms with Crippen molar-refractivity contribution in [3.8, 4) is 0 Å². The van der Waals surface area contributed by atoms with Crippen molar-refractivity contribution in [1.29, 1.82) is 0 Å². The molecular formula is C9H15N3O3. The van der Waals surface area contributed by atoms with Crippen LogP contribution in [-0.4, -0.2) is 48.6 Å². The van der Waals surface area contributed by atoms with Crippen molar-refractivity contribution in [2.75, 3.05) is 19.8 Å². The highest BCUT2D eigenvalue weighted by atomic mass is 16.5. The number of amides is 2. The molecule has 2 saturated heterocycles. The molecule has 0 spiro atoms. The Bertz CT molecular complexity index is 294. The molecule has 6 nitrogen and oxygen atoms in total. The summed E-state index contributed by atoms with van der Waals surface area (Å²) in [4.78, 5) is 24.4. The second-order valence-electron chi connectivity index (χ2n) is 4.05. The van der Waals surface area contributed by atoms with Crippen LogP contribution in [0.1, 0.15) is 6.42 Å². The minimum absolute atomic E-state index is 0.102. The Hall–Kier alpha value is -1.14. The van der Waals surface area contributed by atoms with Gasteiger partial charge >= 0.3 is 0 Å². The number of hydrogen-bond acceptors (Lipinski definition) is 4. The van der Waals surface area contributed by atoms with Gasteiger partial charge in [-0.25, -0.2) is 0 Å². The van der Waals surface area contributed by atoms with E-state index in [0.29, 0.717) is 26.2 Å². The van der Waals surface area contributed by atoms with Crippen molar-refractivity contribution < 1.29 is 14.3 Å². The Morgan fingerprint density at radius 2 is 2.07 bits per heavy atom. The van der Waals surface area contributed by atoms with Gasteiger partial charge in [-0.15, -0.1) is 0 Å². The van der Waals surface area contributed by atoms with Gasteiger partial charge in [0.1, 0.15) is 6.04 Å². The number of carbonyl (C=O) groups excluding carboxylic acids is 2. The summed E-state index contributed by atoms with van der Waals surface area (Å²) in [5.74, 6) is -0.857. The van der Waals surface area contributed by atoms with E-state index in [2.05, 4.69) is 0 Å². The zero-order chi connectivity index (χ0) is 11.0. The molecule has 4 N–H and O–H groups in total. The molecule has 2 heterocycles. The average Bonchev–Trinajstić information content (AvgIpc) is 2.47. The molecule has 2 aliphatic heterocycles. The first-order chi connectivity index (χ1) is 7.11. The lowest BCUT2D eigenvalue weighted by Crippen LogP contribution is -2.60. The summed E-state index contributed by atoms with van der Waals surface area (Å²) in [6.07, 6.45) is 0.657. The minimum atomic E-state index is -0.443. The van der Waals surface area contributed by atoms with Gasteiger partial charge in [-0.1, -0.05) is 0 Å². The predicted octanol–water partition coefficient (Wildman–Crippen LogP) is -1.95. The normalized spacial score (nSPS) is 35.0. The second-order valence-corrected chi connectivity index (χ2v) is 4.05. The lowest BCUT2D eigenvalue weighted by Gasteiger charge is -2.40. The lowest BCUT2D eigenvalue weighted by molar-refractivity contribution is -0.149. The zero-order valence-corrected chi connectivity index (χ0v) is 8.39. The van der Waals surface area contributed by atoms with Crippen LogP contribution in [0.25, 0.3) is 0 Å². The number of hydrogen-bond donors (Lipinski definition) is 2. The van der Waals surface area contributed by atoms with Gasteiger partial charge in [0.2, 0.25) is 11.8 Å². The molecular weight excluding hydrogens is 198 g/mol. The third-order valence-corrected chi connectivity index (χ3v) is 3.07. The fraction of sp³-hybridized carbons (Fsp3) is 0.778. The zero-order valence-electron chi connectivity index (χ0n) is 8.39. The maximum atomic E-state index is 11.9. The topological polar surface area (TPSA) is 98.7 Å². The Balaban J connectivity index is 1.99. The van der Waals surface area contributed by atoms with Crippen LogP contribution in [0.5, 0.6) is 0 Å².